The third kappa shape index (κ3) is 4.71. The Morgan fingerprint density at radius 2 is 2.05 bits per heavy atom. The molecule has 1 aromatic rings. The lowest BCUT2D eigenvalue weighted by Crippen LogP contribution is -2.21. The summed E-state index contributed by atoms with van der Waals surface area (Å²) in [7, 11) is 0. The number of benzene rings is 1. The zero-order valence-electron chi connectivity index (χ0n) is 11.5. The molecule has 0 saturated carbocycles. The first-order valence-corrected chi connectivity index (χ1v) is 10.1. The molecular weight excluding hydrogens is 336 g/mol. The summed E-state index contributed by atoms with van der Waals surface area (Å²) < 4.78 is 20.6. The Kier molecular flexibility index (Phi) is 7.49. The van der Waals surface area contributed by atoms with E-state index in [0.717, 1.165) is 0 Å². The molecule has 0 saturated heterocycles. The van der Waals surface area contributed by atoms with Crippen LogP contribution >= 0.6 is 41.3 Å². The van der Waals surface area contributed by atoms with Crippen molar-refractivity contribution in [1.82, 2.24) is 4.67 Å². The monoisotopic (exact) mass is 353 g/mol. The van der Waals surface area contributed by atoms with E-state index in [9.17, 15) is 4.57 Å². The topological polar surface area (TPSA) is 29.5 Å². The smallest absolute Gasteiger partial charge is 0.377 e. The Morgan fingerprint density at radius 1 is 1.40 bits per heavy atom. The van der Waals surface area contributed by atoms with Crippen molar-refractivity contribution in [2.24, 2.45) is 0 Å². The highest BCUT2D eigenvalue weighted by Crippen LogP contribution is 2.62. The lowest BCUT2D eigenvalue weighted by atomic mass is 10.3. The summed E-state index contributed by atoms with van der Waals surface area (Å²) in [4.78, 5) is 0. The SMILES string of the molecule is C=CCSP(=O)(Oc1ccc(Cl)cc1Cl)N(CC)CC. The predicted molar refractivity (Wildman–Crippen MR) is 90.3 cm³/mol. The van der Waals surface area contributed by atoms with Crippen molar-refractivity contribution in [2.45, 2.75) is 13.8 Å². The fourth-order valence-electron chi connectivity index (χ4n) is 1.56. The van der Waals surface area contributed by atoms with Crippen LogP contribution in [-0.4, -0.2) is 23.5 Å². The van der Waals surface area contributed by atoms with E-state index in [1.165, 1.54) is 11.4 Å². The second kappa shape index (κ2) is 8.35. The summed E-state index contributed by atoms with van der Waals surface area (Å²) in [5.41, 5.74) is 0. The van der Waals surface area contributed by atoms with Crippen LogP contribution in [-0.2, 0) is 4.57 Å². The molecule has 1 unspecified atom stereocenters. The number of halogens is 2. The first kappa shape index (κ1) is 17.9. The molecule has 20 heavy (non-hydrogen) atoms. The molecule has 7 heteroatoms. The predicted octanol–water partition coefficient (Wildman–Crippen LogP) is 5.74. The fourth-order valence-corrected chi connectivity index (χ4v) is 6.25. The molecule has 3 nitrogen and oxygen atoms in total. The van der Waals surface area contributed by atoms with Crippen molar-refractivity contribution in [3.63, 3.8) is 0 Å². The van der Waals surface area contributed by atoms with Crippen molar-refractivity contribution < 1.29 is 9.09 Å². The Bertz CT molecular complexity index is 509. The van der Waals surface area contributed by atoms with Gasteiger partial charge in [-0.3, -0.25) is 0 Å². The van der Waals surface area contributed by atoms with Crippen molar-refractivity contribution in [1.29, 1.82) is 0 Å². The molecule has 0 N–H and O–H groups in total. The zero-order valence-corrected chi connectivity index (χ0v) is 14.7. The molecule has 0 heterocycles. The molecule has 1 rings (SSSR count). The normalized spacial score (nSPS) is 14.1. The van der Waals surface area contributed by atoms with Crippen LogP contribution in [0.3, 0.4) is 0 Å². The molecule has 0 spiro atoms. The van der Waals surface area contributed by atoms with E-state index in [2.05, 4.69) is 6.58 Å². The molecule has 0 radical (unpaired) electrons. The molecule has 0 bridgehead atoms. The van der Waals surface area contributed by atoms with Crippen LogP contribution < -0.4 is 4.52 Å². The quantitative estimate of drug-likeness (QED) is 0.440. The van der Waals surface area contributed by atoms with Crippen molar-refractivity contribution in [2.75, 3.05) is 18.8 Å². The van der Waals surface area contributed by atoms with Gasteiger partial charge >= 0.3 is 6.72 Å². The highest BCUT2D eigenvalue weighted by Gasteiger charge is 2.32. The van der Waals surface area contributed by atoms with Crippen LogP contribution in [0.15, 0.2) is 30.9 Å². The Morgan fingerprint density at radius 3 is 2.55 bits per heavy atom. The molecule has 1 atom stereocenters. The van der Waals surface area contributed by atoms with Crippen LogP contribution in [0, 0.1) is 0 Å². The summed E-state index contributed by atoms with van der Waals surface area (Å²) in [6, 6.07) is 4.87. The van der Waals surface area contributed by atoms with Gasteiger partial charge in [-0.2, -0.15) is 0 Å². The first-order chi connectivity index (χ1) is 9.46. The van der Waals surface area contributed by atoms with Crippen molar-refractivity contribution in [3.05, 3.63) is 40.9 Å². The molecular formula is C13H18Cl2NO2PS. The second-order valence-electron chi connectivity index (χ2n) is 3.86. The summed E-state index contributed by atoms with van der Waals surface area (Å²) >= 11 is 13.2. The first-order valence-electron chi connectivity index (χ1n) is 6.22. The van der Waals surface area contributed by atoms with Crippen LogP contribution in [0.1, 0.15) is 13.8 Å². The molecule has 112 valence electrons. The highest BCUT2D eigenvalue weighted by atomic mass is 35.5. The average molecular weight is 354 g/mol. The maximum atomic E-state index is 13.1. The minimum absolute atomic E-state index is 0.351. The maximum absolute atomic E-state index is 13.1. The van der Waals surface area contributed by atoms with Gasteiger partial charge in [0.05, 0.1) is 5.02 Å². The van der Waals surface area contributed by atoms with Gasteiger partial charge in [-0.1, -0.05) is 43.1 Å². The van der Waals surface area contributed by atoms with Gasteiger partial charge in [0.2, 0.25) is 0 Å². The maximum Gasteiger partial charge on any atom is 0.377 e. The van der Waals surface area contributed by atoms with Gasteiger partial charge in [-0.15, -0.1) is 6.58 Å². The van der Waals surface area contributed by atoms with E-state index in [1.54, 1.807) is 28.9 Å². The van der Waals surface area contributed by atoms with E-state index in [-0.39, 0.29) is 0 Å². The number of hydrogen-bond donors (Lipinski definition) is 0. The van der Waals surface area contributed by atoms with Gasteiger partial charge in [0.25, 0.3) is 0 Å². The second-order valence-corrected chi connectivity index (χ2v) is 9.14. The van der Waals surface area contributed by atoms with Gasteiger partial charge in [-0.25, -0.2) is 9.24 Å². The van der Waals surface area contributed by atoms with E-state index in [4.69, 9.17) is 27.7 Å². The van der Waals surface area contributed by atoms with Gasteiger partial charge in [0.1, 0.15) is 5.75 Å². The van der Waals surface area contributed by atoms with Gasteiger partial charge < -0.3 is 4.52 Å². The van der Waals surface area contributed by atoms with Gasteiger partial charge in [-0.05, 0) is 29.6 Å². The summed E-state index contributed by atoms with van der Waals surface area (Å²) in [6.45, 7) is 5.73. The lowest BCUT2D eigenvalue weighted by Gasteiger charge is -2.28. The van der Waals surface area contributed by atoms with Crippen molar-refractivity contribution >= 4 is 41.3 Å². The van der Waals surface area contributed by atoms with E-state index >= 15 is 0 Å². The van der Waals surface area contributed by atoms with E-state index in [1.807, 2.05) is 13.8 Å². The third-order valence-electron chi connectivity index (χ3n) is 2.54. The standard InChI is InChI=1S/C13H18Cl2NO2PS/c1-4-9-20-19(17,16(5-2)6-3)18-13-8-7-11(14)10-12(13)15/h4,7-8,10H,1,5-6,9H2,2-3H3. The Labute approximate surface area is 134 Å². The Hall–Kier alpha value is -0.120. The summed E-state index contributed by atoms with van der Waals surface area (Å²) in [5.74, 6) is 0.918. The molecule has 0 fully saturated rings. The van der Waals surface area contributed by atoms with E-state index in [0.29, 0.717) is 34.6 Å². The highest BCUT2D eigenvalue weighted by molar-refractivity contribution is 8.56. The Balaban J connectivity index is 3.05. The van der Waals surface area contributed by atoms with Crippen LogP contribution in [0.5, 0.6) is 5.75 Å². The number of rotatable bonds is 8. The van der Waals surface area contributed by atoms with Crippen LogP contribution in [0.4, 0.5) is 0 Å². The fraction of sp³-hybridized carbons (Fsp3) is 0.385. The molecule has 0 aliphatic rings. The largest absolute Gasteiger partial charge is 0.424 e. The average Bonchev–Trinajstić information content (AvgIpc) is 2.41. The molecule has 0 aromatic heterocycles. The van der Waals surface area contributed by atoms with Gasteiger partial charge in [0, 0.05) is 23.9 Å². The lowest BCUT2D eigenvalue weighted by molar-refractivity contribution is 0.389. The van der Waals surface area contributed by atoms with Crippen LogP contribution in [0.25, 0.3) is 0 Å². The summed E-state index contributed by atoms with van der Waals surface area (Å²) in [5, 5.41) is 0.864. The van der Waals surface area contributed by atoms with E-state index < -0.39 is 6.72 Å². The minimum Gasteiger partial charge on any atom is -0.424 e. The third-order valence-corrected chi connectivity index (χ3v) is 7.81. The molecule has 0 aliphatic heterocycles. The van der Waals surface area contributed by atoms with Crippen molar-refractivity contribution in [3.8, 4) is 5.75 Å². The zero-order chi connectivity index (χ0) is 15.2. The molecule has 1 aromatic carbocycles. The summed E-state index contributed by atoms with van der Waals surface area (Å²) in [6.07, 6.45) is 1.70. The molecule has 0 amide bonds. The number of nitrogens with zero attached hydrogens (tertiary/aromatic N) is 1. The number of hydrogen-bond acceptors (Lipinski definition) is 3. The van der Waals surface area contributed by atoms with Gasteiger partial charge in [0.15, 0.2) is 0 Å². The minimum atomic E-state index is -3.06. The van der Waals surface area contributed by atoms with Crippen LogP contribution in [0.2, 0.25) is 10.0 Å². The molecule has 0 aliphatic carbocycles.